The molecule has 1 N–H and O–H groups in total. The summed E-state index contributed by atoms with van der Waals surface area (Å²) in [5, 5.41) is 8.79. The molecule has 2 aromatic rings. The molecule has 0 aromatic heterocycles. The largest absolute Gasteiger partial charge is 0.493 e. The van der Waals surface area contributed by atoms with Gasteiger partial charge in [-0.25, -0.2) is 4.79 Å². The van der Waals surface area contributed by atoms with Crippen molar-refractivity contribution in [2.24, 2.45) is 0 Å². The van der Waals surface area contributed by atoms with Gasteiger partial charge in [0, 0.05) is 10.6 Å². The van der Waals surface area contributed by atoms with Gasteiger partial charge in [0.15, 0.2) is 0 Å². The van der Waals surface area contributed by atoms with E-state index in [0.717, 1.165) is 16.4 Å². The zero-order chi connectivity index (χ0) is 13.5. The maximum absolute atomic E-state index is 10.7. The molecular formula is C15H14O3S. The van der Waals surface area contributed by atoms with Gasteiger partial charge in [0.2, 0.25) is 0 Å². The van der Waals surface area contributed by atoms with Crippen LogP contribution in [0.15, 0.2) is 59.5 Å². The molecule has 2 aromatic carbocycles. The minimum atomic E-state index is -0.899. The highest BCUT2D eigenvalue weighted by molar-refractivity contribution is 7.99. The van der Waals surface area contributed by atoms with Crippen molar-refractivity contribution in [1.29, 1.82) is 0 Å². The van der Waals surface area contributed by atoms with Crippen molar-refractivity contribution in [3.63, 3.8) is 0 Å². The SMILES string of the molecule is O=C(O)c1ccc(SCCOc2ccccc2)cc1. The van der Waals surface area contributed by atoms with E-state index in [9.17, 15) is 4.79 Å². The summed E-state index contributed by atoms with van der Waals surface area (Å²) in [6.07, 6.45) is 0. The Bertz CT molecular complexity index is 523. The zero-order valence-electron chi connectivity index (χ0n) is 10.3. The van der Waals surface area contributed by atoms with E-state index in [2.05, 4.69) is 0 Å². The molecule has 0 saturated carbocycles. The monoisotopic (exact) mass is 274 g/mol. The van der Waals surface area contributed by atoms with Crippen LogP contribution in [-0.2, 0) is 0 Å². The van der Waals surface area contributed by atoms with Gasteiger partial charge in [-0.05, 0) is 36.4 Å². The van der Waals surface area contributed by atoms with Gasteiger partial charge in [0.25, 0.3) is 0 Å². The lowest BCUT2D eigenvalue weighted by Gasteiger charge is -2.05. The van der Waals surface area contributed by atoms with Gasteiger partial charge in [0.1, 0.15) is 5.75 Å². The predicted molar refractivity (Wildman–Crippen MR) is 76.1 cm³/mol. The minimum Gasteiger partial charge on any atom is -0.493 e. The third-order valence-corrected chi connectivity index (χ3v) is 3.44. The fourth-order valence-corrected chi connectivity index (χ4v) is 2.26. The Kier molecular flexibility index (Phi) is 4.86. The van der Waals surface area contributed by atoms with Crippen molar-refractivity contribution in [1.82, 2.24) is 0 Å². The number of aromatic carboxylic acids is 1. The molecule has 0 aliphatic rings. The second-order valence-electron chi connectivity index (χ2n) is 3.84. The van der Waals surface area contributed by atoms with Gasteiger partial charge in [-0.3, -0.25) is 0 Å². The fraction of sp³-hybridized carbons (Fsp3) is 0.133. The summed E-state index contributed by atoms with van der Waals surface area (Å²) in [4.78, 5) is 11.7. The summed E-state index contributed by atoms with van der Waals surface area (Å²) in [6, 6.07) is 16.5. The summed E-state index contributed by atoms with van der Waals surface area (Å²) in [5.41, 5.74) is 0.310. The smallest absolute Gasteiger partial charge is 0.335 e. The molecule has 0 amide bonds. The van der Waals surface area contributed by atoms with Gasteiger partial charge in [-0.1, -0.05) is 18.2 Å². The summed E-state index contributed by atoms with van der Waals surface area (Å²) >= 11 is 1.64. The molecule has 0 saturated heterocycles. The molecule has 0 fully saturated rings. The summed E-state index contributed by atoms with van der Waals surface area (Å²) in [5.74, 6) is 0.787. The van der Waals surface area contributed by atoms with Crippen LogP contribution in [0.2, 0.25) is 0 Å². The average molecular weight is 274 g/mol. The molecule has 0 heterocycles. The highest BCUT2D eigenvalue weighted by Gasteiger charge is 2.01. The average Bonchev–Trinajstić information content (AvgIpc) is 2.45. The molecule has 19 heavy (non-hydrogen) atoms. The van der Waals surface area contributed by atoms with E-state index < -0.39 is 5.97 Å². The first-order chi connectivity index (χ1) is 9.25. The number of carbonyl (C=O) groups is 1. The van der Waals surface area contributed by atoms with Crippen molar-refractivity contribution in [3.05, 3.63) is 60.2 Å². The van der Waals surface area contributed by atoms with Crippen LogP contribution in [0.5, 0.6) is 5.75 Å². The molecule has 0 bridgehead atoms. The Balaban J connectivity index is 1.75. The van der Waals surface area contributed by atoms with Crippen LogP contribution in [-0.4, -0.2) is 23.4 Å². The quantitative estimate of drug-likeness (QED) is 0.646. The van der Waals surface area contributed by atoms with Crippen LogP contribution in [0.4, 0.5) is 0 Å². The van der Waals surface area contributed by atoms with Crippen LogP contribution in [0, 0.1) is 0 Å². The zero-order valence-corrected chi connectivity index (χ0v) is 11.1. The van der Waals surface area contributed by atoms with Crippen molar-refractivity contribution >= 4 is 17.7 Å². The molecule has 0 atom stereocenters. The molecule has 0 aliphatic heterocycles. The molecule has 0 radical (unpaired) electrons. The molecule has 0 spiro atoms. The van der Waals surface area contributed by atoms with Crippen molar-refractivity contribution in [2.45, 2.75) is 4.90 Å². The number of rotatable bonds is 6. The molecule has 0 aliphatic carbocycles. The Morgan fingerprint density at radius 2 is 1.74 bits per heavy atom. The third kappa shape index (κ3) is 4.34. The first-order valence-corrected chi connectivity index (χ1v) is 6.88. The van der Waals surface area contributed by atoms with Gasteiger partial charge >= 0.3 is 5.97 Å². The predicted octanol–water partition coefficient (Wildman–Crippen LogP) is 3.56. The Morgan fingerprint density at radius 1 is 1.05 bits per heavy atom. The number of para-hydroxylation sites is 1. The maximum Gasteiger partial charge on any atom is 0.335 e. The van der Waals surface area contributed by atoms with E-state index in [1.165, 1.54) is 0 Å². The van der Waals surface area contributed by atoms with E-state index >= 15 is 0 Å². The van der Waals surface area contributed by atoms with E-state index in [1.807, 2.05) is 42.5 Å². The number of hydrogen-bond donors (Lipinski definition) is 1. The van der Waals surface area contributed by atoms with Gasteiger partial charge in [0.05, 0.1) is 12.2 Å². The number of ether oxygens (including phenoxy) is 1. The lowest BCUT2D eigenvalue weighted by molar-refractivity contribution is 0.0697. The van der Waals surface area contributed by atoms with Gasteiger partial charge in [-0.15, -0.1) is 11.8 Å². The van der Waals surface area contributed by atoms with Crippen molar-refractivity contribution < 1.29 is 14.6 Å². The third-order valence-electron chi connectivity index (χ3n) is 2.47. The Hall–Kier alpha value is -1.94. The Labute approximate surface area is 116 Å². The standard InChI is InChI=1S/C15H14O3S/c16-15(17)12-6-8-14(9-7-12)19-11-10-18-13-4-2-1-3-5-13/h1-9H,10-11H2,(H,16,17). The van der Waals surface area contributed by atoms with E-state index in [1.54, 1.807) is 23.9 Å². The van der Waals surface area contributed by atoms with E-state index in [4.69, 9.17) is 9.84 Å². The number of carboxylic acids is 1. The highest BCUT2D eigenvalue weighted by Crippen LogP contribution is 2.18. The number of benzene rings is 2. The first-order valence-electron chi connectivity index (χ1n) is 5.90. The van der Waals surface area contributed by atoms with Crippen LogP contribution >= 0.6 is 11.8 Å². The molecule has 3 nitrogen and oxygen atoms in total. The van der Waals surface area contributed by atoms with Crippen LogP contribution in [0.25, 0.3) is 0 Å². The number of hydrogen-bond acceptors (Lipinski definition) is 3. The maximum atomic E-state index is 10.7. The lowest BCUT2D eigenvalue weighted by atomic mass is 10.2. The molecule has 2 rings (SSSR count). The van der Waals surface area contributed by atoms with Gasteiger partial charge in [-0.2, -0.15) is 0 Å². The van der Waals surface area contributed by atoms with Crippen LogP contribution in [0.3, 0.4) is 0 Å². The fourth-order valence-electron chi connectivity index (χ4n) is 1.53. The molecule has 4 heteroatoms. The van der Waals surface area contributed by atoms with Crippen LogP contribution in [0.1, 0.15) is 10.4 Å². The molecule has 98 valence electrons. The summed E-state index contributed by atoms with van der Waals surface area (Å²) in [6.45, 7) is 0.620. The second-order valence-corrected chi connectivity index (χ2v) is 5.01. The lowest BCUT2D eigenvalue weighted by Crippen LogP contribution is -2.00. The molecular weight excluding hydrogens is 260 g/mol. The summed E-state index contributed by atoms with van der Waals surface area (Å²) < 4.78 is 5.57. The van der Waals surface area contributed by atoms with E-state index in [-0.39, 0.29) is 0 Å². The van der Waals surface area contributed by atoms with E-state index in [0.29, 0.717) is 12.2 Å². The minimum absolute atomic E-state index is 0.310. The van der Waals surface area contributed by atoms with Gasteiger partial charge < -0.3 is 9.84 Å². The number of thioether (sulfide) groups is 1. The topological polar surface area (TPSA) is 46.5 Å². The number of carboxylic acid groups (broad SMARTS) is 1. The normalized spacial score (nSPS) is 10.1. The first kappa shape index (κ1) is 13.5. The summed E-state index contributed by atoms with van der Waals surface area (Å²) in [7, 11) is 0. The van der Waals surface area contributed by atoms with Crippen molar-refractivity contribution in [2.75, 3.05) is 12.4 Å². The van der Waals surface area contributed by atoms with Crippen LogP contribution < -0.4 is 4.74 Å². The Morgan fingerprint density at radius 3 is 2.37 bits per heavy atom. The molecule has 0 unspecified atom stereocenters. The second kappa shape index (κ2) is 6.85. The highest BCUT2D eigenvalue weighted by atomic mass is 32.2. The van der Waals surface area contributed by atoms with Crippen molar-refractivity contribution in [3.8, 4) is 5.75 Å².